The van der Waals surface area contributed by atoms with Gasteiger partial charge in [0.25, 0.3) is 11.7 Å². The molecule has 0 aliphatic heterocycles. The number of tetrazole rings is 1. The second-order valence-corrected chi connectivity index (χ2v) is 3.56. The van der Waals surface area contributed by atoms with Crippen LogP contribution in [0.5, 0.6) is 0 Å². The number of nitrogens with one attached hydrogen (secondary N) is 2. The fourth-order valence-corrected chi connectivity index (χ4v) is 1.39. The van der Waals surface area contributed by atoms with Gasteiger partial charge in [0.2, 0.25) is 0 Å². The largest absolute Gasteiger partial charge is 0.418 e. The first-order valence-corrected chi connectivity index (χ1v) is 5.08. The van der Waals surface area contributed by atoms with Crippen molar-refractivity contribution in [3.05, 3.63) is 35.2 Å². The molecular weight excluding hydrogens is 277 g/mol. The average molecular weight is 282 g/mol. The highest BCUT2D eigenvalue weighted by molar-refractivity contribution is 6.01. The first-order chi connectivity index (χ1) is 9.41. The number of hydrogen-bond acceptors (Lipinski definition) is 5. The summed E-state index contributed by atoms with van der Waals surface area (Å²) >= 11 is 0. The van der Waals surface area contributed by atoms with Crippen LogP contribution in [-0.4, -0.2) is 26.5 Å². The number of benzene rings is 1. The van der Waals surface area contributed by atoms with E-state index in [0.29, 0.717) is 6.07 Å². The number of amides is 1. The van der Waals surface area contributed by atoms with E-state index in [9.17, 15) is 18.0 Å². The molecule has 0 spiro atoms. The summed E-state index contributed by atoms with van der Waals surface area (Å²) in [5, 5.41) is 22.4. The minimum Gasteiger partial charge on any atom is -0.319 e. The predicted molar refractivity (Wildman–Crippen MR) is 58.3 cm³/mol. The number of hydrogen-bond donors (Lipinski definition) is 2. The first-order valence-electron chi connectivity index (χ1n) is 5.08. The molecule has 10 heteroatoms. The Kier molecular flexibility index (Phi) is 3.34. The molecule has 2 rings (SSSR count). The van der Waals surface area contributed by atoms with Crippen molar-refractivity contribution in [3.8, 4) is 6.07 Å². The molecule has 0 unspecified atom stereocenters. The van der Waals surface area contributed by atoms with Gasteiger partial charge in [-0.2, -0.15) is 23.6 Å². The fourth-order valence-electron chi connectivity index (χ4n) is 1.39. The number of carbonyl (C=O) groups excluding carboxylic acids is 1. The molecule has 2 N–H and O–H groups in total. The van der Waals surface area contributed by atoms with Gasteiger partial charge in [-0.05, 0) is 23.4 Å². The molecule has 0 aliphatic rings. The smallest absolute Gasteiger partial charge is 0.319 e. The SMILES string of the molecule is N#Cc1ccc(NC(=O)c2nn[nH]n2)c(C(F)(F)F)c1. The van der Waals surface area contributed by atoms with E-state index >= 15 is 0 Å². The van der Waals surface area contributed by atoms with Crippen LogP contribution in [0.15, 0.2) is 18.2 Å². The zero-order valence-corrected chi connectivity index (χ0v) is 9.56. The molecule has 0 bridgehead atoms. The Hall–Kier alpha value is -2.96. The number of aromatic nitrogens is 4. The Morgan fingerprint density at radius 1 is 1.40 bits per heavy atom. The van der Waals surface area contributed by atoms with Gasteiger partial charge >= 0.3 is 6.18 Å². The van der Waals surface area contributed by atoms with Crippen molar-refractivity contribution in [2.75, 3.05) is 5.32 Å². The number of anilines is 1. The lowest BCUT2D eigenvalue weighted by molar-refractivity contribution is -0.136. The van der Waals surface area contributed by atoms with Crippen LogP contribution in [0.25, 0.3) is 0 Å². The molecule has 0 atom stereocenters. The zero-order valence-electron chi connectivity index (χ0n) is 9.56. The number of H-pyrrole nitrogens is 1. The van der Waals surface area contributed by atoms with Crippen LogP contribution in [0.4, 0.5) is 18.9 Å². The van der Waals surface area contributed by atoms with Crippen molar-refractivity contribution in [2.24, 2.45) is 0 Å². The van der Waals surface area contributed by atoms with E-state index in [-0.39, 0.29) is 5.56 Å². The van der Waals surface area contributed by atoms with Gasteiger partial charge < -0.3 is 5.32 Å². The highest BCUT2D eigenvalue weighted by atomic mass is 19.4. The van der Waals surface area contributed by atoms with Crippen LogP contribution in [-0.2, 0) is 6.18 Å². The molecule has 1 aromatic carbocycles. The van der Waals surface area contributed by atoms with Crippen LogP contribution < -0.4 is 5.32 Å². The van der Waals surface area contributed by atoms with Gasteiger partial charge in [0.1, 0.15) is 0 Å². The van der Waals surface area contributed by atoms with Crippen LogP contribution in [0.3, 0.4) is 0 Å². The van der Waals surface area contributed by atoms with Crippen molar-refractivity contribution in [2.45, 2.75) is 6.18 Å². The number of aromatic amines is 1. The molecular formula is C10H5F3N6O. The van der Waals surface area contributed by atoms with E-state index in [1.807, 2.05) is 10.5 Å². The van der Waals surface area contributed by atoms with E-state index in [4.69, 9.17) is 5.26 Å². The zero-order chi connectivity index (χ0) is 14.8. The maximum atomic E-state index is 12.8. The third-order valence-corrected chi connectivity index (χ3v) is 2.25. The molecule has 102 valence electrons. The molecule has 2 aromatic rings. The van der Waals surface area contributed by atoms with Crippen LogP contribution in [0, 0.1) is 11.3 Å². The Balaban J connectivity index is 2.37. The van der Waals surface area contributed by atoms with E-state index in [2.05, 4.69) is 15.4 Å². The van der Waals surface area contributed by atoms with Gasteiger partial charge in [0, 0.05) is 0 Å². The summed E-state index contributed by atoms with van der Waals surface area (Å²) in [7, 11) is 0. The third kappa shape index (κ3) is 2.72. The topological polar surface area (TPSA) is 107 Å². The molecule has 0 fully saturated rings. The molecule has 7 nitrogen and oxygen atoms in total. The molecule has 0 saturated carbocycles. The lowest BCUT2D eigenvalue weighted by Crippen LogP contribution is -2.18. The van der Waals surface area contributed by atoms with Crippen molar-refractivity contribution in [3.63, 3.8) is 0 Å². The summed E-state index contributed by atoms with van der Waals surface area (Å²) in [6, 6.07) is 4.38. The monoisotopic (exact) mass is 282 g/mol. The van der Waals surface area contributed by atoms with Gasteiger partial charge in [0.05, 0.1) is 22.9 Å². The third-order valence-electron chi connectivity index (χ3n) is 2.25. The summed E-state index contributed by atoms with van der Waals surface area (Å²) in [6.07, 6.45) is -4.72. The normalized spacial score (nSPS) is 10.9. The lowest BCUT2D eigenvalue weighted by atomic mass is 10.1. The molecule has 20 heavy (non-hydrogen) atoms. The number of halogens is 3. The molecule has 0 saturated heterocycles. The van der Waals surface area contributed by atoms with E-state index < -0.39 is 29.2 Å². The minimum absolute atomic E-state index is 0.171. The Labute approximate surface area is 109 Å². The van der Waals surface area contributed by atoms with Crippen LogP contribution in [0.2, 0.25) is 0 Å². The summed E-state index contributed by atoms with van der Waals surface area (Å²) in [5.41, 5.74) is -1.80. The quantitative estimate of drug-likeness (QED) is 0.864. The van der Waals surface area contributed by atoms with Gasteiger partial charge in [-0.25, -0.2) is 0 Å². The maximum absolute atomic E-state index is 12.8. The second-order valence-electron chi connectivity index (χ2n) is 3.56. The lowest BCUT2D eigenvalue weighted by Gasteiger charge is -2.13. The summed E-state index contributed by atoms with van der Waals surface area (Å²) in [4.78, 5) is 11.6. The standard InChI is InChI=1S/C10H5F3N6O/c11-10(12,13)6-3-5(4-14)1-2-7(6)15-9(20)8-16-18-19-17-8/h1-3H,(H,15,20)(H,16,17,18,19). The number of carbonyl (C=O) groups is 1. The number of rotatable bonds is 2. The summed E-state index contributed by atoms with van der Waals surface area (Å²) < 4.78 is 38.5. The predicted octanol–water partition coefficient (Wildman–Crippen LogP) is 1.34. The van der Waals surface area contributed by atoms with E-state index in [1.54, 1.807) is 6.07 Å². The molecule has 0 aliphatic carbocycles. The maximum Gasteiger partial charge on any atom is 0.418 e. The fraction of sp³-hybridized carbons (Fsp3) is 0.100. The minimum atomic E-state index is -4.72. The summed E-state index contributed by atoms with van der Waals surface area (Å²) in [6.45, 7) is 0. The molecule has 1 aromatic heterocycles. The van der Waals surface area contributed by atoms with Crippen molar-refractivity contribution >= 4 is 11.6 Å². The first kappa shape index (κ1) is 13.5. The van der Waals surface area contributed by atoms with Crippen molar-refractivity contribution in [1.82, 2.24) is 20.6 Å². The van der Waals surface area contributed by atoms with Crippen LogP contribution in [0.1, 0.15) is 21.7 Å². The number of nitriles is 1. The van der Waals surface area contributed by atoms with Crippen LogP contribution >= 0.6 is 0 Å². The second kappa shape index (κ2) is 4.96. The summed E-state index contributed by atoms with van der Waals surface area (Å²) in [5.74, 6) is -1.35. The van der Waals surface area contributed by atoms with E-state index in [0.717, 1.165) is 12.1 Å². The Morgan fingerprint density at radius 3 is 2.70 bits per heavy atom. The van der Waals surface area contributed by atoms with E-state index in [1.165, 1.54) is 0 Å². The van der Waals surface area contributed by atoms with Gasteiger partial charge in [0.15, 0.2) is 0 Å². The highest BCUT2D eigenvalue weighted by Crippen LogP contribution is 2.35. The Bertz CT molecular complexity index is 673. The molecule has 0 radical (unpaired) electrons. The van der Waals surface area contributed by atoms with Gasteiger partial charge in [-0.1, -0.05) is 0 Å². The highest BCUT2D eigenvalue weighted by Gasteiger charge is 2.34. The van der Waals surface area contributed by atoms with Gasteiger partial charge in [-0.15, -0.1) is 10.2 Å². The number of nitrogens with zero attached hydrogens (tertiary/aromatic N) is 4. The number of alkyl halides is 3. The Morgan fingerprint density at radius 2 is 2.15 bits per heavy atom. The molecule has 1 heterocycles. The molecule has 1 amide bonds. The van der Waals surface area contributed by atoms with Gasteiger partial charge in [-0.3, -0.25) is 4.79 Å². The average Bonchev–Trinajstić information content (AvgIpc) is 2.91. The van der Waals surface area contributed by atoms with Crippen molar-refractivity contribution in [1.29, 1.82) is 5.26 Å². The van der Waals surface area contributed by atoms with Crippen molar-refractivity contribution < 1.29 is 18.0 Å².